The van der Waals surface area contributed by atoms with Crippen molar-refractivity contribution in [3.05, 3.63) is 35.4 Å². The molecule has 0 amide bonds. The summed E-state index contributed by atoms with van der Waals surface area (Å²) >= 11 is 0. The highest BCUT2D eigenvalue weighted by Gasteiger charge is 2.02. The summed E-state index contributed by atoms with van der Waals surface area (Å²) in [7, 11) is 0. The Morgan fingerprint density at radius 2 is 1.50 bits per heavy atom. The largest absolute Gasteiger partial charge is 0.478 e. The molecule has 0 atom stereocenters. The van der Waals surface area contributed by atoms with E-state index in [0.717, 1.165) is 5.56 Å². The molecule has 0 heterocycles. The molecule has 0 aliphatic carbocycles. The molecule has 2 heteroatoms. The van der Waals surface area contributed by atoms with E-state index >= 15 is 0 Å². The van der Waals surface area contributed by atoms with E-state index in [0.29, 0.717) is 5.56 Å². The molecular weight excluding hydrogens is 224 g/mol. The number of carboxylic acids is 1. The molecular formula is C16H26O2. The van der Waals surface area contributed by atoms with Crippen molar-refractivity contribution in [3.63, 3.8) is 0 Å². The molecule has 0 saturated heterocycles. The maximum absolute atomic E-state index is 10.4. The van der Waals surface area contributed by atoms with Crippen molar-refractivity contribution in [3.8, 4) is 0 Å². The molecule has 102 valence electrons. The van der Waals surface area contributed by atoms with Gasteiger partial charge in [-0.3, -0.25) is 0 Å². The lowest BCUT2D eigenvalue weighted by molar-refractivity contribution is 0.0696. The maximum atomic E-state index is 10.4. The molecule has 2 nitrogen and oxygen atoms in total. The minimum Gasteiger partial charge on any atom is -0.478 e. The third-order valence-corrected chi connectivity index (χ3v) is 2.83. The molecule has 18 heavy (non-hydrogen) atoms. The molecule has 0 aromatic heterocycles. The first-order chi connectivity index (χ1) is 8.63. The second-order valence-electron chi connectivity index (χ2n) is 4.53. The fourth-order valence-corrected chi connectivity index (χ4v) is 1.67. The van der Waals surface area contributed by atoms with Crippen molar-refractivity contribution in [2.75, 3.05) is 0 Å². The highest BCUT2D eigenvalue weighted by atomic mass is 16.4. The zero-order valence-electron chi connectivity index (χ0n) is 11.9. The third kappa shape index (κ3) is 7.88. The SMILES string of the molecule is CCCCCCCC.Cc1ccccc1C(=O)O. The number of hydrogen-bond acceptors (Lipinski definition) is 1. The Bertz CT molecular complexity index is 326. The van der Waals surface area contributed by atoms with Crippen LogP contribution in [0.1, 0.15) is 68.3 Å². The van der Waals surface area contributed by atoms with Gasteiger partial charge in [-0.25, -0.2) is 4.79 Å². The van der Waals surface area contributed by atoms with Crippen molar-refractivity contribution in [1.82, 2.24) is 0 Å². The van der Waals surface area contributed by atoms with Gasteiger partial charge in [-0.05, 0) is 18.6 Å². The zero-order chi connectivity index (χ0) is 13.8. The van der Waals surface area contributed by atoms with E-state index in [-0.39, 0.29) is 0 Å². The van der Waals surface area contributed by atoms with Gasteiger partial charge in [-0.15, -0.1) is 0 Å². The van der Waals surface area contributed by atoms with E-state index in [1.165, 1.54) is 38.5 Å². The number of benzene rings is 1. The summed E-state index contributed by atoms with van der Waals surface area (Å²) in [4.78, 5) is 10.4. The van der Waals surface area contributed by atoms with Gasteiger partial charge in [0.25, 0.3) is 0 Å². The van der Waals surface area contributed by atoms with Gasteiger partial charge in [0.15, 0.2) is 0 Å². The Hall–Kier alpha value is -1.31. The molecule has 0 radical (unpaired) electrons. The molecule has 0 saturated carbocycles. The maximum Gasteiger partial charge on any atom is 0.335 e. The van der Waals surface area contributed by atoms with Crippen LogP contribution < -0.4 is 0 Å². The third-order valence-electron chi connectivity index (χ3n) is 2.83. The summed E-state index contributed by atoms with van der Waals surface area (Å²) in [6.45, 7) is 6.29. The summed E-state index contributed by atoms with van der Waals surface area (Å²) in [6, 6.07) is 6.92. The first-order valence-corrected chi connectivity index (χ1v) is 6.92. The van der Waals surface area contributed by atoms with Crippen LogP contribution >= 0.6 is 0 Å². The van der Waals surface area contributed by atoms with Crippen LogP contribution in [-0.4, -0.2) is 11.1 Å². The van der Waals surface area contributed by atoms with E-state index in [9.17, 15) is 4.79 Å². The standard InChI is InChI=1S/C8H8O2.C8H18/c1-6-4-2-3-5-7(6)8(9)10;1-3-5-7-8-6-4-2/h2-5H,1H3,(H,9,10);3-8H2,1-2H3. The van der Waals surface area contributed by atoms with Crippen LogP contribution in [0.15, 0.2) is 24.3 Å². The van der Waals surface area contributed by atoms with Crippen LogP contribution in [0.4, 0.5) is 0 Å². The van der Waals surface area contributed by atoms with E-state index in [2.05, 4.69) is 13.8 Å². The Morgan fingerprint density at radius 3 is 1.83 bits per heavy atom. The average molecular weight is 250 g/mol. The highest BCUT2D eigenvalue weighted by Crippen LogP contribution is 2.05. The number of unbranched alkanes of at least 4 members (excludes halogenated alkanes) is 5. The monoisotopic (exact) mass is 250 g/mol. The van der Waals surface area contributed by atoms with Crippen LogP contribution in [0.3, 0.4) is 0 Å². The predicted octanol–water partition coefficient (Wildman–Crippen LogP) is 5.06. The molecule has 0 spiro atoms. The zero-order valence-corrected chi connectivity index (χ0v) is 11.9. The van der Waals surface area contributed by atoms with E-state index in [1.54, 1.807) is 25.1 Å². The average Bonchev–Trinajstić information content (AvgIpc) is 2.36. The first kappa shape index (κ1) is 16.7. The van der Waals surface area contributed by atoms with Crippen LogP contribution in [-0.2, 0) is 0 Å². The second kappa shape index (κ2) is 10.8. The van der Waals surface area contributed by atoms with Crippen LogP contribution in [0.5, 0.6) is 0 Å². The van der Waals surface area contributed by atoms with Gasteiger partial charge in [0, 0.05) is 0 Å². The summed E-state index contributed by atoms with van der Waals surface area (Å²) in [5.41, 5.74) is 1.18. The summed E-state index contributed by atoms with van der Waals surface area (Å²) in [5, 5.41) is 8.57. The quantitative estimate of drug-likeness (QED) is 0.716. The van der Waals surface area contributed by atoms with Crippen molar-refractivity contribution in [2.24, 2.45) is 0 Å². The second-order valence-corrected chi connectivity index (χ2v) is 4.53. The first-order valence-electron chi connectivity index (χ1n) is 6.92. The summed E-state index contributed by atoms with van der Waals surface area (Å²) < 4.78 is 0. The molecule has 0 aliphatic heterocycles. The lowest BCUT2D eigenvalue weighted by Crippen LogP contribution is -1.97. The molecule has 1 N–H and O–H groups in total. The normalized spacial score (nSPS) is 9.50. The van der Waals surface area contributed by atoms with Crippen LogP contribution in [0.25, 0.3) is 0 Å². The molecule has 0 bridgehead atoms. The predicted molar refractivity (Wildman–Crippen MR) is 77.2 cm³/mol. The number of rotatable bonds is 6. The van der Waals surface area contributed by atoms with Crippen molar-refractivity contribution in [1.29, 1.82) is 0 Å². The number of hydrogen-bond donors (Lipinski definition) is 1. The molecule has 1 rings (SSSR count). The van der Waals surface area contributed by atoms with Gasteiger partial charge in [-0.2, -0.15) is 0 Å². The summed E-state index contributed by atoms with van der Waals surface area (Å²) in [5.74, 6) is -0.863. The molecule has 0 aliphatic rings. The lowest BCUT2D eigenvalue weighted by atomic mass is 10.1. The minimum atomic E-state index is -0.863. The van der Waals surface area contributed by atoms with Crippen molar-refractivity contribution in [2.45, 2.75) is 59.3 Å². The molecule has 0 unspecified atom stereocenters. The number of carbonyl (C=O) groups is 1. The van der Waals surface area contributed by atoms with Crippen molar-refractivity contribution >= 4 is 5.97 Å². The highest BCUT2D eigenvalue weighted by molar-refractivity contribution is 5.89. The number of aromatic carboxylic acids is 1. The van der Waals surface area contributed by atoms with Gasteiger partial charge < -0.3 is 5.11 Å². The lowest BCUT2D eigenvalue weighted by Gasteiger charge is -1.96. The van der Waals surface area contributed by atoms with Gasteiger partial charge in [-0.1, -0.05) is 70.6 Å². The van der Waals surface area contributed by atoms with E-state index in [1.807, 2.05) is 6.07 Å². The Kier molecular flexibility index (Phi) is 10.0. The number of aryl methyl sites for hydroxylation is 1. The fraction of sp³-hybridized carbons (Fsp3) is 0.562. The Labute approximate surface area is 111 Å². The van der Waals surface area contributed by atoms with E-state index < -0.39 is 5.97 Å². The van der Waals surface area contributed by atoms with Crippen LogP contribution in [0.2, 0.25) is 0 Å². The molecule has 1 aromatic rings. The smallest absolute Gasteiger partial charge is 0.335 e. The fourth-order valence-electron chi connectivity index (χ4n) is 1.67. The van der Waals surface area contributed by atoms with Gasteiger partial charge in [0.05, 0.1) is 5.56 Å². The van der Waals surface area contributed by atoms with Gasteiger partial charge >= 0.3 is 5.97 Å². The topological polar surface area (TPSA) is 37.3 Å². The van der Waals surface area contributed by atoms with Crippen molar-refractivity contribution < 1.29 is 9.90 Å². The Morgan fingerprint density at radius 1 is 1.00 bits per heavy atom. The number of carboxylic acid groups (broad SMARTS) is 1. The molecule has 1 aromatic carbocycles. The van der Waals surface area contributed by atoms with Gasteiger partial charge in [0.2, 0.25) is 0 Å². The minimum absolute atomic E-state index is 0.377. The van der Waals surface area contributed by atoms with Crippen LogP contribution in [0, 0.1) is 6.92 Å². The van der Waals surface area contributed by atoms with Gasteiger partial charge in [0.1, 0.15) is 0 Å². The Balaban J connectivity index is 0.000000331. The van der Waals surface area contributed by atoms with E-state index in [4.69, 9.17) is 5.11 Å². The summed E-state index contributed by atoms with van der Waals surface area (Å²) in [6.07, 6.45) is 8.49. The molecule has 0 fully saturated rings.